The summed E-state index contributed by atoms with van der Waals surface area (Å²) in [5.41, 5.74) is 2.06. The van der Waals surface area contributed by atoms with E-state index in [0.29, 0.717) is 30.0 Å². The highest BCUT2D eigenvalue weighted by Crippen LogP contribution is 2.42. The maximum atomic E-state index is 12.4. The lowest BCUT2D eigenvalue weighted by molar-refractivity contribution is 0.0528. The largest absolute Gasteiger partial charge is 0.457 e. The summed E-state index contributed by atoms with van der Waals surface area (Å²) < 4.78 is 11.4. The summed E-state index contributed by atoms with van der Waals surface area (Å²) in [5, 5.41) is 2.84. The Morgan fingerprint density at radius 2 is 1.42 bits per heavy atom. The Morgan fingerprint density at radius 1 is 0.818 bits per heavy atom. The second-order valence-corrected chi connectivity index (χ2v) is 9.10. The number of nitrogens with one attached hydrogen (secondary N) is 1. The maximum Gasteiger partial charge on any atom is 0.411 e. The SMILES string of the molecule is O=C(Nc1ccc(Oc2ccccc2)cc1)OCC1C2CCC1CN(Cc1ccccc1)C2. The number of nitrogens with zero attached hydrogens (tertiary/aromatic N) is 1. The van der Waals surface area contributed by atoms with E-state index in [9.17, 15) is 4.79 Å². The fraction of sp³-hybridized carbons (Fsp3) is 0.321. The fourth-order valence-corrected chi connectivity index (χ4v) is 5.23. The number of fused-ring (bicyclic) bond motifs is 2. The number of likely N-dealkylation sites (tertiary alicyclic amines) is 1. The van der Waals surface area contributed by atoms with Crippen LogP contribution in [0.15, 0.2) is 84.9 Å². The number of benzene rings is 3. The Labute approximate surface area is 195 Å². The maximum absolute atomic E-state index is 12.4. The van der Waals surface area contributed by atoms with Gasteiger partial charge in [0.2, 0.25) is 0 Å². The van der Waals surface area contributed by atoms with Crippen LogP contribution in [0.5, 0.6) is 11.5 Å². The summed E-state index contributed by atoms with van der Waals surface area (Å²) >= 11 is 0. The summed E-state index contributed by atoms with van der Waals surface area (Å²) in [5.74, 6) is 3.18. The zero-order chi connectivity index (χ0) is 22.5. The van der Waals surface area contributed by atoms with Crippen molar-refractivity contribution >= 4 is 11.8 Å². The van der Waals surface area contributed by atoms with Gasteiger partial charge in [-0.1, -0.05) is 48.5 Å². The molecule has 3 aromatic carbocycles. The zero-order valence-corrected chi connectivity index (χ0v) is 18.7. The first-order valence-electron chi connectivity index (χ1n) is 11.8. The molecule has 1 amide bonds. The number of amides is 1. The van der Waals surface area contributed by atoms with Gasteiger partial charge in [-0.15, -0.1) is 0 Å². The lowest BCUT2D eigenvalue weighted by Crippen LogP contribution is -2.43. The van der Waals surface area contributed by atoms with Gasteiger partial charge in [-0.2, -0.15) is 0 Å². The van der Waals surface area contributed by atoms with Crippen LogP contribution < -0.4 is 10.1 Å². The molecule has 1 saturated heterocycles. The van der Waals surface area contributed by atoms with E-state index >= 15 is 0 Å². The molecule has 1 heterocycles. The average molecular weight is 443 g/mol. The monoisotopic (exact) mass is 442 g/mol. The van der Waals surface area contributed by atoms with Crippen LogP contribution in [-0.4, -0.2) is 30.7 Å². The van der Waals surface area contributed by atoms with Gasteiger partial charge >= 0.3 is 6.09 Å². The summed E-state index contributed by atoms with van der Waals surface area (Å²) in [4.78, 5) is 15.0. The van der Waals surface area contributed by atoms with E-state index in [1.54, 1.807) is 0 Å². The number of hydrogen-bond acceptors (Lipinski definition) is 4. The minimum Gasteiger partial charge on any atom is -0.457 e. The molecule has 2 atom stereocenters. The third-order valence-electron chi connectivity index (χ3n) is 6.84. The van der Waals surface area contributed by atoms with Crippen LogP contribution in [0.25, 0.3) is 0 Å². The molecule has 3 aromatic rings. The second kappa shape index (κ2) is 10.1. The van der Waals surface area contributed by atoms with E-state index in [2.05, 4.69) is 40.5 Å². The van der Waals surface area contributed by atoms with E-state index in [-0.39, 0.29) is 0 Å². The molecule has 2 bridgehead atoms. The molecule has 2 fully saturated rings. The summed E-state index contributed by atoms with van der Waals surface area (Å²) in [6, 6.07) is 27.6. The van der Waals surface area contributed by atoms with Crippen molar-refractivity contribution in [3.63, 3.8) is 0 Å². The Balaban J connectivity index is 1.08. The smallest absolute Gasteiger partial charge is 0.411 e. The number of carbonyl (C=O) groups is 1. The topological polar surface area (TPSA) is 50.8 Å². The Morgan fingerprint density at radius 3 is 2.09 bits per heavy atom. The molecule has 2 aliphatic rings. The Kier molecular flexibility index (Phi) is 6.58. The van der Waals surface area contributed by atoms with Gasteiger partial charge < -0.3 is 9.47 Å². The predicted molar refractivity (Wildman–Crippen MR) is 129 cm³/mol. The first-order valence-corrected chi connectivity index (χ1v) is 11.8. The zero-order valence-electron chi connectivity index (χ0n) is 18.7. The van der Waals surface area contributed by atoms with Crippen molar-refractivity contribution in [2.45, 2.75) is 19.4 Å². The number of piperidine rings is 1. The van der Waals surface area contributed by atoms with Crippen molar-refractivity contribution in [3.05, 3.63) is 90.5 Å². The van der Waals surface area contributed by atoms with Crippen LogP contribution >= 0.6 is 0 Å². The second-order valence-electron chi connectivity index (χ2n) is 9.10. The molecule has 0 radical (unpaired) electrons. The number of carbonyl (C=O) groups excluding carboxylic acids is 1. The van der Waals surface area contributed by atoms with Crippen LogP contribution in [0.3, 0.4) is 0 Å². The first-order chi connectivity index (χ1) is 16.2. The quantitative estimate of drug-likeness (QED) is 0.474. The lowest BCUT2D eigenvalue weighted by Gasteiger charge is -2.37. The van der Waals surface area contributed by atoms with E-state index in [0.717, 1.165) is 31.1 Å². The summed E-state index contributed by atoms with van der Waals surface area (Å²) in [6.45, 7) is 3.68. The molecule has 0 spiro atoms. The predicted octanol–water partition coefficient (Wildman–Crippen LogP) is 6.19. The highest BCUT2D eigenvalue weighted by atomic mass is 16.5. The molecule has 5 rings (SSSR count). The Hall–Kier alpha value is -3.31. The molecule has 170 valence electrons. The van der Waals surface area contributed by atoms with Gasteiger partial charge in [0, 0.05) is 31.2 Å². The fourth-order valence-electron chi connectivity index (χ4n) is 5.23. The highest BCUT2D eigenvalue weighted by Gasteiger charge is 2.42. The van der Waals surface area contributed by atoms with Crippen molar-refractivity contribution in [1.29, 1.82) is 0 Å². The van der Waals surface area contributed by atoms with Crippen molar-refractivity contribution in [2.24, 2.45) is 17.8 Å². The van der Waals surface area contributed by atoms with Gasteiger partial charge in [-0.25, -0.2) is 4.79 Å². The van der Waals surface area contributed by atoms with Crippen LogP contribution in [0, 0.1) is 17.8 Å². The third-order valence-corrected chi connectivity index (χ3v) is 6.84. The minimum atomic E-state index is -0.391. The standard InChI is InChI=1S/C28H30N2O3/c31-28(29-24-13-15-26(16-14-24)33-25-9-5-2-6-10-25)32-20-27-22-11-12-23(27)19-30(18-22)17-21-7-3-1-4-8-21/h1-10,13-16,22-23,27H,11-12,17-20H2,(H,29,31). The summed E-state index contributed by atoms with van der Waals surface area (Å²) in [7, 11) is 0. The van der Waals surface area contributed by atoms with Crippen LogP contribution in [-0.2, 0) is 11.3 Å². The average Bonchev–Trinajstić information content (AvgIpc) is 3.08. The molecule has 1 aliphatic heterocycles. The van der Waals surface area contributed by atoms with Gasteiger partial charge in [0.15, 0.2) is 0 Å². The third kappa shape index (κ3) is 5.55. The van der Waals surface area contributed by atoms with Crippen molar-refractivity contribution in [1.82, 2.24) is 4.90 Å². The van der Waals surface area contributed by atoms with E-state index in [1.165, 1.54) is 18.4 Å². The van der Waals surface area contributed by atoms with Crippen molar-refractivity contribution in [2.75, 3.05) is 25.0 Å². The van der Waals surface area contributed by atoms with Gasteiger partial charge in [0.05, 0.1) is 6.61 Å². The molecule has 0 aromatic heterocycles. The highest BCUT2D eigenvalue weighted by molar-refractivity contribution is 5.84. The van der Waals surface area contributed by atoms with Crippen LogP contribution in [0.4, 0.5) is 10.5 Å². The molecule has 33 heavy (non-hydrogen) atoms. The van der Waals surface area contributed by atoms with Gasteiger partial charge in [-0.3, -0.25) is 10.2 Å². The molecular formula is C28H30N2O3. The number of ether oxygens (including phenoxy) is 2. The number of hydrogen-bond donors (Lipinski definition) is 1. The van der Waals surface area contributed by atoms with E-state index in [1.807, 2.05) is 54.6 Å². The molecule has 1 aliphatic carbocycles. The molecule has 1 saturated carbocycles. The molecule has 5 heteroatoms. The van der Waals surface area contributed by atoms with Gasteiger partial charge in [0.1, 0.15) is 11.5 Å². The molecule has 2 unspecified atom stereocenters. The van der Waals surface area contributed by atoms with Gasteiger partial charge in [-0.05, 0) is 66.6 Å². The van der Waals surface area contributed by atoms with Crippen molar-refractivity contribution < 1.29 is 14.3 Å². The minimum absolute atomic E-state index is 0.391. The summed E-state index contributed by atoms with van der Waals surface area (Å²) in [6.07, 6.45) is 2.07. The van der Waals surface area contributed by atoms with Crippen LogP contribution in [0.1, 0.15) is 18.4 Å². The molecular weight excluding hydrogens is 412 g/mol. The van der Waals surface area contributed by atoms with Crippen LogP contribution in [0.2, 0.25) is 0 Å². The van der Waals surface area contributed by atoms with E-state index in [4.69, 9.17) is 9.47 Å². The Bertz CT molecular complexity index is 1030. The number of anilines is 1. The normalized spacial score (nSPS) is 22.0. The first kappa shape index (κ1) is 21.5. The lowest BCUT2D eigenvalue weighted by atomic mass is 9.85. The molecule has 1 N–H and O–H groups in total. The number of para-hydroxylation sites is 1. The van der Waals surface area contributed by atoms with Gasteiger partial charge in [0.25, 0.3) is 0 Å². The number of rotatable bonds is 7. The van der Waals surface area contributed by atoms with Crippen molar-refractivity contribution in [3.8, 4) is 11.5 Å². The van der Waals surface area contributed by atoms with E-state index < -0.39 is 6.09 Å². The molecule has 5 nitrogen and oxygen atoms in total.